The molecule has 0 aliphatic rings. The lowest BCUT2D eigenvalue weighted by atomic mass is 10.1. The fourth-order valence-corrected chi connectivity index (χ4v) is 1.53. The van der Waals surface area contributed by atoms with Crippen LogP contribution in [0, 0.1) is 0 Å². The molecule has 0 aliphatic heterocycles. The molecule has 0 fully saturated rings. The van der Waals surface area contributed by atoms with Crippen LogP contribution in [0.25, 0.3) is 0 Å². The quantitative estimate of drug-likeness (QED) is 0.572. The Hall–Kier alpha value is -1.75. The third-order valence-electron chi connectivity index (χ3n) is 2.53. The van der Waals surface area contributed by atoms with Crippen LogP contribution < -0.4 is 16.4 Å². The van der Waals surface area contributed by atoms with Crippen molar-refractivity contribution in [1.29, 1.82) is 0 Å². The van der Waals surface area contributed by atoms with E-state index in [2.05, 4.69) is 10.6 Å². The highest BCUT2D eigenvalue weighted by molar-refractivity contribution is 5.96. The minimum atomic E-state index is -0.356. The van der Waals surface area contributed by atoms with Gasteiger partial charge < -0.3 is 21.5 Å². The van der Waals surface area contributed by atoms with Crippen molar-refractivity contribution in [1.82, 2.24) is 5.32 Å². The second-order valence-corrected chi connectivity index (χ2v) is 4.23. The van der Waals surface area contributed by atoms with Crippen molar-refractivity contribution in [3.05, 3.63) is 23.8 Å². The van der Waals surface area contributed by atoms with Gasteiger partial charge >= 0.3 is 0 Å². The molecule has 1 aromatic carbocycles. The van der Waals surface area contributed by atoms with E-state index in [1.165, 1.54) is 0 Å². The highest BCUT2D eigenvalue weighted by Crippen LogP contribution is 2.20. The maximum absolute atomic E-state index is 11.7. The van der Waals surface area contributed by atoms with Gasteiger partial charge in [0.1, 0.15) is 0 Å². The van der Waals surface area contributed by atoms with Gasteiger partial charge in [-0.2, -0.15) is 0 Å². The van der Waals surface area contributed by atoms with Gasteiger partial charge in [0, 0.05) is 18.7 Å². The van der Waals surface area contributed by atoms with E-state index in [-0.39, 0.29) is 12.0 Å². The molecule has 100 valence electrons. The molecule has 0 heterocycles. The number of nitrogen functional groups attached to an aromatic ring is 1. The molecule has 1 amide bonds. The molecule has 0 saturated carbocycles. The molecule has 0 bridgehead atoms. The fraction of sp³-hybridized carbons (Fsp3) is 0.462. The Morgan fingerprint density at radius 3 is 2.83 bits per heavy atom. The summed E-state index contributed by atoms with van der Waals surface area (Å²) < 4.78 is 0. The van der Waals surface area contributed by atoms with Gasteiger partial charge in [0.15, 0.2) is 0 Å². The molecule has 0 aromatic heterocycles. The van der Waals surface area contributed by atoms with E-state index >= 15 is 0 Å². The molecule has 1 aromatic rings. The van der Waals surface area contributed by atoms with Gasteiger partial charge in [-0.3, -0.25) is 4.79 Å². The van der Waals surface area contributed by atoms with E-state index in [1.807, 2.05) is 6.92 Å². The Kier molecular flexibility index (Phi) is 5.45. The Morgan fingerprint density at radius 1 is 1.50 bits per heavy atom. The van der Waals surface area contributed by atoms with Gasteiger partial charge in [0.05, 0.1) is 17.5 Å². The van der Waals surface area contributed by atoms with E-state index in [4.69, 9.17) is 5.73 Å². The first-order valence-corrected chi connectivity index (χ1v) is 6.14. The standard InChI is InChI=1S/C13H21N3O2/c1-3-15-13(18)10-4-5-11(14)12(8-10)16-7-6-9(2)17/h4-5,8-9,16-17H,3,6-7,14H2,1-2H3,(H,15,18). The summed E-state index contributed by atoms with van der Waals surface area (Å²) in [6.07, 6.45) is 0.274. The number of carbonyl (C=O) groups is 1. The average Bonchev–Trinajstić information content (AvgIpc) is 2.31. The Morgan fingerprint density at radius 2 is 2.22 bits per heavy atom. The van der Waals surface area contributed by atoms with Crippen LogP contribution in [-0.4, -0.2) is 30.2 Å². The number of hydrogen-bond donors (Lipinski definition) is 4. The van der Waals surface area contributed by atoms with Crippen molar-refractivity contribution < 1.29 is 9.90 Å². The Balaban J connectivity index is 2.71. The van der Waals surface area contributed by atoms with Gasteiger partial charge in [0.25, 0.3) is 5.91 Å². The number of carbonyl (C=O) groups excluding carboxylic acids is 1. The highest BCUT2D eigenvalue weighted by Gasteiger charge is 2.07. The molecule has 0 radical (unpaired) electrons. The van der Waals surface area contributed by atoms with E-state index in [0.717, 1.165) is 5.69 Å². The molecule has 5 heteroatoms. The SMILES string of the molecule is CCNC(=O)c1ccc(N)c(NCCC(C)O)c1. The summed E-state index contributed by atoms with van der Waals surface area (Å²) in [5.41, 5.74) is 7.71. The molecule has 0 spiro atoms. The Labute approximate surface area is 107 Å². The largest absolute Gasteiger partial charge is 0.397 e. The highest BCUT2D eigenvalue weighted by atomic mass is 16.3. The number of hydrogen-bond acceptors (Lipinski definition) is 4. The second-order valence-electron chi connectivity index (χ2n) is 4.23. The molecule has 1 atom stereocenters. The number of nitrogens with one attached hydrogen (secondary N) is 2. The van der Waals surface area contributed by atoms with E-state index in [1.54, 1.807) is 25.1 Å². The maximum atomic E-state index is 11.7. The third-order valence-corrected chi connectivity index (χ3v) is 2.53. The fourth-order valence-electron chi connectivity index (χ4n) is 1.53. The zero-order valence-corrected chi connectivity index (χ0v) is 10.9. The van der Waals surface area contributed by atoms with Gasteiger partial charge in [-0.15, -0.1) is 0 Å². The van der Waals surface area contributed by atoms with Crippen molar-refractivity contribution in [2.75, 3.05) is 24.1 Å². The predicted molar refractivity (Wildman–Crippen MR) is 73.6 cm³/mol. The zero-order chi connectivity index (χ0) is 13.5. The first kappa shape index (κ1) is 14.3. The first-order valence-electron chi connectivity index (χ1n) is 6.14. The summed E-state index contributed by atoms with van der Waals surface area (Å²) in [6, 6.07) is 5.12. The van der Waals surface area contributed by atoms with Crippen molar-refractivity contribution in [3.8, 4) is 0 Å². The number of rotatable bonds is 6. The summed E-state index contributed by atoms with van der Waals surface area (Å²) in [6.45, 7) is 4.81. The van der Waals surface area contributed by atoms with Gasteiger partial charge in [-0.1, -0.05) is 0 Å². The minimum Gasteiger partial charge on any atom is -0.397 e. The summed E-state index contributed by atoms with van der Waals surface area (Å²) in [7, 11) is 0. The third kappa shape index (κ3) is 4.25. The topological polar surface area (TPSA) is 87.4 Å². The number of amides is 1. The molecular formula is C13H21N3O2. The van der Waals surface area contributed by atoms with Crippen LogP contribution in [0.5, 0.6) is 0 Å². The normalized spacial score (nSPS) is 11.9. The molecule has 1 rings (SSSR count). The van der Waals surface area contributed by atoms with Crippen molar-refractivity contribution in [3.63, 3.8) is 0 Å². The lowest BCUT2D eigenvalue weighted by Crippen LogP contribution is -2.22. The summed E-state index contributed by atoms with van der Waals surface area (Å²) >= 11 is 0. The number of aliphatic hydroxyl groups excluding tert-OH is 1. The number of nitrogens with two attached hydrogens (primary N) is 1. The Bertz CT molecular complexity index is 405. The molecule has 5 N–H and O–H groups in total. The van der Waals surface area contributed by atoms with Crippen LogP contribution >= 0.6 is 0 Å². The molecular weight excluding hydrogens is 230 g/mol. The van der Waals surface area contributed by atoms with E-state index in [0.29, 0.717) is 30.8 Å². The predicted octanol–water partition coefficient (Wildman–Crippen LogP) is 1.20. The lowest BCUT2D eigenvalue weighted by Gasteiger charge is -2.12. The zero-order valence-electron chi connectivity index (χ0n) is 10.9. The molecule has 5 nitrogen and oxygen atoms in total. The van der Waals surface area contributed by atoms with Crippen LogP contribution in [0.3, 0.4) is 0 Å². The molecule has 1 unspecified atom stereocenters. The average molecular weight is 251 g/mol. The number of anilines is 2. The number of aliphatic hydroxyl groups is 1. The van der Waals surface area contributed by atoms with Crippen LogP contribution in [0.15, 0.2) is 18.2 Å². The van der Waals surface area contributed by atoms with E-state index < -0.39 is 0 Å². The van der Waals surface area contributed by atoms with Crippen LogP contribution in [0.4, 0.5) is 11.4 Å². The lowest BCUT2D eigenvalue weighted by molar-refractivity contribution is 0.0956. The van der Waals surface area contributed by atoms with Crippen molar-refractivity contribution in [2.24, 2.45) is 0 Å². The maximum Gasteiger partial charge on any atom is 0.251 e. The molecule has 18 heavy (non-hydrogen) atoms. The summed E-state index contributed by atoms with van der Waals surface area (Å²) in [4.78, 5) is 11.7. The van der Waals surface area contributed by atoms with Crippen LogP contribution in [-0.2, 0) is 0 Å². The first-order chi connectivity index (χ1) is 8.54. The van der Waals surface area contributed by atoms with Crippen molar-refractivity contribution in [2.45, 2.75) is 26.4 Å². The minimum absolute atomic E-state index is 0.115. The second kappa shape index (κ2) is 6.86. The number of benzene rings is 1. The summed E-state index contributed by atoms with van der Waals surface area (Å²) in [5, 5.41) is 15.0. The molecule has 0 aliphatic carbocycles. The monoisotopic (exact) mass is 251 g/mol. The summed E-state index contributed by atoms with van der Waals surface area (Å²) in [5.74, 6) is -0.115. The van der Waals surface area contributed by atoms with Gasteiger partial charge in [-0.25, -0.2) is 0 Å². The molecule has 0 saturated heterocycles. The van der Waals surface area contributed by atoms with E-state index in [9.17, 15) is 9.90 Å². The van der Waals surface area contributed by atoms with Gasteiger partial charge in [0.2, 0.25) is 0 Å². The van der Waals surface area contributed by atoms with Crippen LogP contribution in [0.1, 0.15) is 30.6 Å². The van der Waals surface area contributed by atoms with Crippen molar-refractivity contribution >= 4 is 17.3 Å². The smallest absolute Gasteiger partial charge is 0.251 e. The van der Waals surface area contributed by atoms with Gasteiger partial charge in [-0.05, 0) is 38.5 Å². The van der Waals surface area contributed by atoms with Crippen LogP contribution in [0.2, 0.25) is 0 Å².